The summed E-state index contributed by atoms with van der Waals surface area (Å²) >= 11 is 0. The number of nitrogens with one attached hydrogen (secondary N) is 1. The largest absolute Gasteiger partial charge is 0.361 e. The van der Waals surface area contributed by atoms with Gasteiger partial charge in [0.1, 0.15) is 5.76 Å². The number of aromatic nitrogens is 1. The quantitative estimate of drug-likeness (QED) is 0.812. The summed E-state index contributed by atoms with van der Waals surface area (Å²) in [5.74, 6) is 0.926. The zero-order valence-electron chi connectivity index (χ0n) is 10.5. The van der Waals surface area contributed by atoms with Gasteiger partial charge in [-0.2, -0.15) is 0 Å². The predicted molar refractivity (Wildman–Crippen MR) is 61.8 cm³/mol. The Morgan fingerprint density at radius 3 is 2.27 bits per heavy atom. The minimum absolute atomic E-state index is 0.218. The molecular weight excluding hydrogens is 188 g/mol. The van der Waals surface area contributed by atoms with Gasteiger partial charge >= 0.3 is 0 Å². The zero-order chi connectivity index (χ0) is 11.5. The number of aryl methyl sites for hydroxylation is 2. The lowest BCUT2D eigenvalue weighted by atomic mass is 9.95. The van der Waals surface area contributed by atoms with Crippen LogP contribution in [-0.2, 0) is 6.54 Å². The molecule has 1 heterocycles. The lowest BCUT2D eigenvalue weighted by Gasteiger charge is -2.28. The van der Waals surface area contributed by atoms with Crippen LogP contribution in [-0.4, -0.2) is 10.7 Å². The molecular formula is C12H22N2O. The Morgan fingerprint density at radius 1 is 1.27 bits per heavy atom. The van der Waals surface area contributed by atoms with E-state index in [1.165, 1.54) is 5.56 Å². The highest BCUT2D eigenvalue weighted by atomic mass is 16.5. The smallest absolute Gasteiger partial charge is 0.138 e. The lowest BCUT2D eigenvalue weighted by molar-refractivity contribution is 0.327. The van der Waals surface area contributed by atoms with Gasteiger partial charge in [0.05, 0.1) is 5.69 Å². The molecule has 0 atom stereocenters. The van der Waals surface area contributed by atoms with Crippen LogP contribution in [0.25, 0.3) is 0 Å². The van der Waals surface area contributed by atoms with E-state index in [2.05, 4.69) is 31.2 Å². The average molecular weight is 210 g/mol. The second-order valence-electron chi connectivity index (χ2n) is 4.42. The van der Waals surface area contributed by atoms with Crippen LogP contribution in [0, 0.1) is 13.8 Å². The van der Waals surface area contributed by atoms with Crippen molar-refractivity contribution in [2.45, 2.75) is 59.5 Å². The Morgan fingerprint density at radius 2 is 1.87 bits per heavy atom. The van der Waals surface area contributed by atoms with Crippen LogP contribution in [0.4, 0.5) is 0 Å². The molecule has 86 valence electrons. The number of hydrogen-bond acceptors (Lipinski definition) is 3. The van der Waals surface area contributed by atoms with E-state index in [0.717, 1.165) is 30.8 Å². The second-order valence-corrected chi connectivity index (χ2v) is 4.42. The SMILES string of the molecule is CCC(C)(CC)NCc1c(C)noc1C. The average Bonchev–Trinajstić information content (AvgIpc) is 2.56. The lowest BCUT2D eigenvalue weighted by Crippen LogP contribution is -2.40. The maximum atomic E-state index is 5.14. The predicted octanol–water partition coefficient (Wildman–Crippen LogP) is 2.96. The molecule has 0 saturated heterocycles. The molecule has 1 aromatic rings. The maximum Gasteiger partial charge on any atom is 0.138 e. The Hall–Kier alpha value is -0.830. The fraction of sp³-hybridized carbons (Fsp3) is 0.750. The third-order valence-corrected chi connectivity index (χ3v) is 3.43. The molecule has 3 nitrogen and oxygen atoms in total. The first-order valence-corrected chi connectivity index (χ1v) is 5.69. The summed E-state index contributed by atoms with van der Waals surface area (Å²) in [6.07, 6.45) is 2.26. The highest BCUT2D eigenvalue weighted by Crippen LogP contribution is 2.17. The second kappa shape index (κ2) is 4.79. The summed E-state index contributed by atoms with van der Waals surface area (Å²) in [5, 5.41) is 7.53. The molecule has 0 radical (unpaired) electrons. The topological polar surface area (TPSA) is 38.1 Å². The highest BCUT2D eigenvalue weighted by molar-refractivity contribution is 5.20. The van der Waals surface area contributed by atoms with Crippen molar-refractivity contribution in [3.8, 4) is 0 Å². The van der Waals surface area contributed by atoms with Crippen LogP contribution in [0.3, 0.4) is 0 Å². The van der Waals surface area contributed by atoms with Crippen molar-refractivity contribution >= 4 is 0 Å². The van der Waals surface area contributed by atoms with Crippen LogP contribution in [0.2, 0.25) is 0 Å². The molecule has 0 aromatic carbocycles. The standard InChI is InChI=1S/C12H22N2O/c1-6-12(5,7-2)13-8-11-9(3)14-15-10(11)4/h13H,6-8H2,1-5H3. The van der Waals surface area contributed by atoms with E-state index in [4.69, 9.17) is 4.52 Å². The first-order valence-electron chi connectivity index (χ1n) is 5.69. The summed E-state index contributed by atoms with van der Waals surface area (Å²) in [4.78, 5) is 0. The van der Waals surface area contributed by atoms with Gasteiger partial charge in [0, 0.05) is 17.6 Å². The van der Waals surface area contributed by atoms with Crippen LogP contribution in [0.5, 0.6) is 0 Å². The van der Waals surface area contributed by atoms with E-state index in [9.17, 15) is 0 Å². The molecule has 0 spiro atoms. The monoisotopic (exact) mass is 210 g/mol. The summed E-state index contributed by atoms with van der Waals surface area (Å²) in [7, 11) is 0. The van der Waals surface area contributed by atoms with E-state index in [-0.39, 0.29) is 5.54 Å². The van der Waals surface area contributed by atoms with E-state index >= 15 is 0 Å². The van der Waals surface area contributed by atoms with Crippen molar-refractivity contribution in [3.63, 3.8) is 0 Å². The van der Waals surface area contributed by atoms with Crippen molar-refractivity contribution in [1.82, 2.24) is 10.5 Å². The molecule has 0 amide bonds. The van der Waals surface area contributed by atoms with Gasteiger partial charge in [0.15, 0.2) is 0 Å². The number of nitrogens with zero attached hydrogens (tertiary/aromatic N) is 1. The molecule has 1 rings (SSSR count). The molecule has 0 fully saturated rings. The van der Waals surface area contributed by atoms with Gasteiger partial charge in [0.2, 0.25) is 0 Å². The molecule has 3 heteroatoms. The van der Waals surface area contributed by atoms with E-state index in [1.54, 1.807) is 0 Å². The fourth-order valence-corrected chi connectivity index (χ4v) is 1.56. The van der Waals surface area contributed by atoms with Crippen molar-refractivity contribution < 1.29 is 4.52 Å². The van der Waals surface area contributed by atoms with Gasteiger partial charge in [0.25, 0.3) is 0 Å². The highest BCUT2D eigenvalue weighted by Gasteiger charge is 2.20. The third kappa shape index (κ3) is 2.81. The van der Waals surface area contributed by atoms with Crippen molar-refractivity contribution in [3.05, 3.63) is 17.0 Å². The number of rotatable bonds is 5. The van der Waals surface area contributed by atoms with Crippen LogP contribution < -0.4 is 5.32 Å². The van der Waals surface area contributed by atoms with Gasteiger partial charge < -0.3 is 9.84 Å². The molecule has 0 aliphatic heterocycles. The van der Waals surface area contributed by atoms with E-state index in [1.807, 2.05) is 13.8 Å². The Labute approximate surface area is 92.2 Å². The summed E-state index contributed by atoms with van der Waals surface area (Å²) in [6, 6.07) is 0. The Bertz CT molecular complexity index is 294. The van der Waals surface area contributed by atoms with Crippen LogP contribution in [0.15, 0.2) is 4.52 Å². The molecule has 0 aliphatic rings. The van der Waals surface area contributed by atoms with Crippen LogP contribution in [0.1, 0.15) is 50.6 Å². The Kier molecular flexibility index (Phi) is 3.91. The minimum atomic E-state index is 0.218. The van der Waals surface area contributed by atoms with E-state index in [0.29, 0.717) is 0 Å². The third-order valence-electron chi connectivity index (χ3n) is 3.43. The molecule has 0 aliphatic carbocycles. The minimum Gasteiger partial charge on any atom is -0.361 e. The normalized spacial score (nSPS) is 12.1. The molecule has 1 aromatic heterocycles. The first kappa shape index (κ1) is 12.2. The van der Waals surface area contributed by atoms with Gasteiger partial charge in [-0.3, -0.25) is 0 Å². The van der Waals surface area contributed by atoms with Gasteiger partial charge in [-0.05, 0) is 33.6 Å². The fourth-order valence-electron chi connectivity index (χ4n) is 1.56. The summed E-state index contributed by atoms with van der Waals surface area (Å²) < 4.78 is 5.14. The Balaban J connectivity index is 2.64. The molecule has 0 saturated carbocycles. The molecule has 15 heavy (non-hydrogen) atoms. The van der Waals surface area contributed by atoms with Crippen molar-refractivity contribution in [2.75, 3.05) is 0 Å². The first-order chi connectivity index (χ1) is 7.02. The van der Waals surface area contributed by atoms with Gasteiger partial charge in [-0.25, -0.2) is 0 Å². The molecule has 0 bridgehead atoms. The van der Waals surface area contributed by atoms with E-state index < -0.39 is 0 Å². The summed E-state index contributed by atoms with van der Waals surface area (Å²) in [5.41, 5.74) is 2.41. The van der Waals surface area contributed by atoms with Crippen molar-refractivity contribution in [1.29, 1.82) is 0 Å². The summed E-state index contributed by atoms with van der Waals surface area (Å²) in [6.45, 7) is 11.5. The van der Waals surface area contributed by atoms with Gasteiger partial charge in [-0.15, -0.1) is 0 Å². The maximum absolute atomic E-state index is 5.14. The zero-order valence-corrected chi connectivity index (χ0v) is 10.5. The molecule has 1 N–H and O–H groups in total. The van der Waals surface area contributed by atoms with Gasteiger partial charge in [-0.1, -0.05) is 19.0 Å². The molecule has 0 unspecified atom stereocenters. The van der Waals surface area contributed by atoms with Crippen LogP contribution >= 0.6 is 0 Å². The van der Waals surface area contributed by atoms with Crippen molar-refractivity contribution in [2.24, 2.45) is 0 Å². The number of hydrogen-bond donors (Lipinski definition) is 1.